The van der Waals surface area contributed by atoms with Gasteiger partial charge in [-0.3, -0.25) is 10.1 Å². The van der Waals surface area contributed by atoms with Gasteiger partial charge < -0.3 is 10.1 Å². The van der Waals surface area contributed by atoms with Gasteiger partial charge in [0.05, 0.1) is 11.5 Å². The van der Waals surface area contributed by atoms with Gasteiger partial charge in [0.2, 0.25) is 0 Å². The van der Waals surface area contributed by atoms with Gasteiger partial charge in [0.1, 0.15) is 16.7 Å². The van der Waals surface area contributed by atoms with E-state index in [9.17, 15) is 18.5 Å². The quantitative estimate of drug-likeness (QED) is 0.579. The van der Waals surface area contributed by atoms with Crippen LogP contribution in [0.4, 0.5) is 11.4 Å². The molecule has 2 aromatic rings. The van der Waals surface area contributed by atoms with Crippen molar-refractivity contribution in [1.82, 2.24) is 0 Å². The molecule has 2 aromatic carbocycles. The zero-order valence-corrected chi connectivity index (χ0v) is 15.2. The van der Waals surface area contributed by atoms with Crippen molar-refractivity contribution >= 4 is 32.8 Å². The lowest BCUT2D eigenvalue weighted by molar-refractivity contribution is -0.387. The van der Waals surface area contributed by atoms with E-state index >= 15 is 0 Å². The molecule has 2 rings (SSSR count). The zero-order valence-electron chi connectivity index (χ0n) is 13.6. The molecule has 0 amide bonds. The van der Waals surface area contributed by atoms with E-state index in [-0.39, 0.29) is 11.0 Å². The number of ether oxygens (including phenoxy) is 1. The zero-order chi connectivity index (χ0) is 18.6. The Morgan fingerprint density at radius 1 is 1.28 bits per heavy atom. The molecule has 0 bridgehead atoms. The predicted molar refractivity (Wildman–Crippen MR) is 96.2 cm³/mol. The highest BCUT2D eigenvalue weighted by atomic mass is 35.5. The normalized spacial score (nSPS) is 12.4. The number of rotatable bonds is 7. The summed E-state index contributed by atoms with van der Waals surface area (Å²) < 4.78 is 29.2. The number of nitrogens with one attached hydrogen (secondary N) is 1. The molecule has 0 saturated heterocycles. The average molecular weight is 385 g/mol. The summed E-state index contributed by atoms with van der Waals surface area (Å²) in [5, 5.41) is 14.5. The Kier molecular flexibility index (Phi) is 5.86. The van der Waals surface area contributed by atoms with Crippen LogP contribution < -0.4 is 10.1 Å². The molecule has 0 aliphatic rings. The third kappa shape index (κ3) is 5.33. The molecule has 1 atom stereocenters. The number of hydrogen-bond donors (Lipinski definition) is 1. The predicted octanol–water partition coefficient (Wildman–Crippen LogP) is 3.53. The standard InChI is InChI=1S/C16H17ClN2O5S/c1-11(24-14-5-3-4-12(17)8-14)10-18-13-6-7-15(19(20)21)16(9-13)25(2,22)23/h3-9,11,18H,10H2,1-2H3. The minimum Gasteiger partial charge on any atom is -0.489 e. The molecule has 0 spiro atoms. The topological polar surface area (TPSA) is 98.5 Å². The van der Waals surface area contributed by atoms with Crippen molar-refractivity contribution in [3.05, 3.63) is 57.6 Å². The molecule has 0 heterocycles. The molecule has 7 nitrogen and oxygen atoms in total. The van der Waals surface area contributed by atoms with Gasteiger partial charge >= 0.3 is 0 Å². The van der Waals surface area contributed by atoms with Crippen molar-refractivity contribution in [2.75, 3.05) is 18.1 Å². The second-order valence-corrected chi connectivity index (χ2v) is 7.90. The van der Waals surface area contributed by atoms with Crippen molar-refractivity contribution in [2.24, 2.45) is 0 Å². The van der Waals surface area contributed by atoms with Gasteiger partial charge in [0.15, 0.2) is 9.84 Å². The third-order valence-corrected chi connectivity index (χ3v) is 4.64. The van der Waals surface area contributed by atoms with Crippen LogP contribution in [0.25, 0.3) is 0 Å². The molecule has 1 unspecified atom stereocenters. The third-order valence-electron chi connectivity index (χ3n) is 3.28. The number of nitro benzene ring substituents is 1. The van der Waals surface area contributed by atoms with E-state index < -0.39 is 20.4 Å². The lowest BCUT2D eigenvalue weighted by atomic mass is 10.2. The van der Waals surface area contributed by atoms with Crippen LogP contribution in [0.2, 0.25) is 5.02 Å². The SMILES string of the molecule is CC(CNc1ccc([N+](=O)[O-])c(S(C)(=O)=O)c1)Oc1cccc(Cl)c1. The fraction of sp³-hybridized carbons (Fsp3) is 0.250. The van der Waals surface area contributed by atoms with E-state index in [4.69, 9.17) is 16.3 Å². The summed E-state index contributed by atoms with van der Waals surface area (Å²) >= 11 is 5.89. The lowest BCUT2D eigenvalue weighted by Crippen LogP contribution is -2.22. The van der Waals surface area contributed by atoms with E-state index in [0.717, 1.165) is 6.26 Å². The van der Waals surface area contributed by atoms with Crippen molar-refractivity contribution in [1.29, 1.82) is 0 Å². The summed E-state index contributed by atoms with van der Waals surface area (Å²) in [4.78, 5) is 9.92. The number of hydrogen-bond acceptors (Lipinski definition) is 6. The lowest BCUT2D eigenvalue weighted by Gasteiger charge is -2.16. The van der Waals surface area contributed by atoms with E-state index in [1.54, 1.807) is 24.3 Å². The van der Waals surface area contributed by atoms with E-state index in [0.29, 0.717) is 23.0 Å². The first kappa shape index (κ1) is 19.0. The molecule has 0 aromatic heterocycles. The Balaban J connectivity index is 2.09. The van der Waals surface area contributed by atoms with Crippen LogP contribution in [0.1, 0.15) is 6.92 Å². The van der Waals surface area contributed by atoms with Gasteiger partial charge in [-0.1, -0.05) is 17.7 Å². The molecule has 0 radical (unpaired) electrons. The monoisotopic (exact) mass is 384 g/mol. The first-order valence-electron chi connectivity index (χ1n) is 7.31. The van der Waals surface area contributed by atoms with E-state index in [1.165, 1.54) is 18.2 Å². The summed E-state index contributed by atoms with van der Waals surface area (Å²) in [6.07, 6.45) is 0.694. The van der Waals surface area contributed by atoms with Crippen molar-refractivity contribution in [2.45, 2.75) is 17.9 Å². The Morgan fingerprint density at radius 3 is 2.60 bits per heavy atom. The smallest absolute Gasteiger partial charge is 0.288 e. The maximum Gasteiger partial charge on any atom is 0.288 e. The first-order chi connectivity index (χ1) is 11.7. The fourth-order valence-electron chi connectivity index (χ4n) is 2.15. The van der Waals surface area contributed by atoms with Crippen LogP contribution in [0.5, 0.6) is 5.75 Å². The van der Waals surface area contributed by atoms with Gasteiger partial charge in [-0.05, 0) is 37.3 Å². The summed E-state index contributed by atoms with van der Waals surface area (Å²) in [7, 11) is -3.72. The maximum atomic E-state index is 11.8. The van der Waals surface area contributed by atoms with Gasteiger partial charge in [0, 0.05) is 23.0 Å². The highest BCUT2D eigenvalue weighted by Crippen LogP contribution is 2.27. The number of nitro groups is 1. The van der Waals surface area contributed by atoms with Crippen LogP contribution in [-0.4, -0.2) is 32.2 Å². The molecule has 0 fully saturated rings. The Bertz CT molecular complexity index is 886. The molecule has 134 valence electrons. The number of anilines is 1. The Hall–Kier alpha value is -2.32. The van der Waals surface area contributed by atoms with Gasteiger partial charge in [-0.2, -0.15) is 0 Å². The fourth-order valence-corrected chi connectivity index (χ4v) is 3.19. The highest BCUT2D eigenvalue weighted by Gasteiger charge is 2.22. The van der Waals surface area contributed by atoms with Crippen molar-refractivity contribution < 1.29 is 18.1 Å². The summed E-state index contributed by atoms with van der Waals surface area (Å²) in [5.41, 5.74) is 0.00356. The largest absolute Gasteiger partial charge is 0.489 e. The van der Waals surface area contributed by atoms with Gasteiger partial charge in [0.25, 0.3) is 5.69 Å². The van der Waals surface area contributed by atoms with E-state index in [1.807, 2.05) is 6.92 Å². The number of sulfone groups is 1. The second-order valence-electron chi connectivity index (χ2n) is 5.48. The first-order valence-corrected chi connectivity index (χ1v) is 9.58. The molecule has 0 saturated carbocycles. The molecular formula is C16H17ClN2O5S. The summed E-state index contributed by atoms with van der Waals surface area (Å²) in [5.74, 6) is 0.613. The summed E-state index contributed by atoms with van der Waals surface area (Å²) in [6.45, 7) is 2.20. The Morgan fingerprint density at radius 2 is 2.00 bits per heavy atom. The number of nitrogens with zero attached hydrogens (tertiary/aromatic N) is 1. The van der Waals surface area contributed by atoms with Crippen molar-refractivity contribution in [3.8, 4) is 5.75 Å². The summed E-state index contributed by atoms with van der Waals surface area (Å²) in [6, 6.07) is 10.8. The van der Waals surface area contributed by atoms with Gasteiger partial charge in [-0.25, -0.2) is 8.42 Å². The second kappa shape index (κ2) is 7.71. The molecule has 1 N–H and O–H groups in total. The average Bonchev–Trinajstić information content (AvgIpc) is 2.51. The Labute approximate surface area is 150 Å². The highest BCUT2D eigenvalue weighted by molar-refractivity contribution is 7.90. The van der Waals surface area contributed by atoms with E-state index in [2.05, 4.69) is 5.32 Å². The molecule has 9 heteroatoms. The van der Waals surface area contributed by atoms with Crippen molar-refractivity contribution in [3.63, 3.8) is 0 Å². The number of halogens is 1. The molecule has 0 aliphatic heterocycles. The van der Waals surface area contributed by atoms with Crippen LogP contribution in [0.15, 0.2) is 47.4 Å². The maximum absolute atomic E-state index is 11.8. The van der Waals surface area contributed by atoms with Crippen LogP contribution in [-0.2, 0) is 9.84 Å². The molecule has 0 aliphatic carbocycles. The van der Waals surface area contributed by atoms with Crippen LogP contribution in [0, 0.1) is 10.1 Å². The minimum atomic E-state index is -3.72. The van der Waals surface area contributed by atoms with Crippen LogP contribution in [0.3, 0.4) is 0 Å². The van der Waals surface area contributed by atoms with Crippen LogP contribution >= 0.6 is 11.6 Å². The van der Waals surface area contributed by atoms with Gasteiger partial charge in [-0.15, -0.1) is 0 Å². The molecule has 25 heavy (non-hydrogen) atoms. The minimum absolute atomic E-state index is 0.240. The molecular weight excluding hydrogens is 368 g/mol. The number of benzene rings is 2.